The predicted octanol–water partition coefficient (Wildman–Crippen LogP) is 2.38. The van der Waals surface area contributed by atoms with E-state index in [4.69, 9.17) is 9.15 Å². The Morgan fingerprint density at radius 1 is 1.11 bits per heavy atom. The quantitative estimate of drug-likeness (QED) is 0.374. The topological polar surface area (TPSA) is 145 Å². The molecule has 0 radical (unpaired) electrons. The molecule has 172 valence electrons. The first-order chi connectivity index (χ1) is 17.0. The number of anilines is 1. The Kier molecular flexibility index (Phi) is 5.52. The third-order valence-electron chi connectivity index (χ3n) is 5.16. The van der Waals surface area contributed by atoms with Gasteiger partial charge < -0.3 is 14.5 Å². The van der Waals surface area contributed by atoms with Crippen molar-refractivity contribution >= 4 is 39.8 Å². The Hall–Kier alpha value is -5.24. The van der Waals surface area contributed by atoms with Gasteiger partial charge in [-0.1, -0.05) is 30.3 Å². The summed E-state index contributed by atoms with van der Waals surface area (Å²) in [6.07, 6.45) is 2.55. The lowest BCUT2D eigenvalue weighted by Crippen LogP contribution is -2.28. The molecule has 3 heterocycles. The fourth-order valence-corrected chi connectivity index (χ4v) is 3.54. The molecule has 1 N–H and O–H groups in total. The van der Waals surface area contributed by atoms with Crippen LogP contribution in [-0.2, 0) is 20.9 Å². The molecule has 0 aliphatic carbocycles. The number of rotatable bonds is 6. The third kappa shape index (κ3) is 4.11. The largest absolute Gasteiger partial charge is 0.454 e. The molecule has 35 heavy (non-hydrogen) atoms. The van der Waals surface area contributed by atoms with E-state index in [2.05, 4.69) is 15.4 Å². The van der Waals surface area contributed by atoms with Gasteiger partial charge in [-0.2, -0.15) is 10.4 Å². The number of hydrogen-bond acceptors (Lipinski definition) is 8. The van der Waals surface area contributed by atoms with Gasteiger partial charge in [-0.25, -0.2) is 9.67 Å². The van der Waals surface area contributed by atoms with Gasteiger partial charge in [0.2, 0.25) is 5.58 Å². The van der Waals surface area contributed by atoms with Gasteiger partial charge in [0, 0.05) is 5.39 Å². The minimum Gasteiger partial charge on any atom is -0.454 e. The molecule has 3 aromatic heterocycles. The first kappa shape index (κ1) is 21.6. The SMILES string of the molecule is N#Cc1cnn(-c2ccccc2)c1NC(=O)COC(=O)Cn1cnc2c(oc3ccccc32)c1=O. The molecule has 0 unspecified atom stereocenters. The molecule has 0 aliphatic rings. The van der Waals surface area contributed by atoms with Crippen LogP contribution in [0.15, 0.2) is 76.3 Å². The van der Waals surface area contributed by atoms with Crippen molar-refractivity contribution in [2.45, 2.75) is 6.54 Å². The number of fused-ring (bicyclic) bond motifs is 3. The number of para-hydroxylation sites is 2. The lowest BCUT2D eigenvalue weighted by molar-refractivity contribution is -0.147. The van der Waals surface area contributed by atoms with Crippen LogP contribution in [0.3, 0.4) is 0 Å². The number of carbonyl (C=O) groups is 2. The van der Waals surface area contributed by atoms with Crippen molar-refractivity contribution in [1.29, 1.82) is 5.26 Å². The Morgan fingerprint density at radius 3 is 2.69 bits per heavy atom. The molecule has 0 aliphatic heterocycles. The number of benzene rings is 2. The van der Waals surface area contributed by atoms with E-state index in [1.54, 1.807) is 48.5 Å². The summed E-state index contributed by atoms with van der Waals surface area (Å²) in [6.45, 7) is -1.09. The Balaban J connectivity index is 1.27. The number of furan rings is 1. The second-order valence-electron chi connectivity index (χ2n) is 7.43. The van der Waals surface area contributed by atoms with Gasteiger partial charge in [0.1, 0.15) is 29.3 Å². The van der Waals surface area contributed by atoms with Crippen molar-refractivity contribution in [1.82, 2.24) is 19.3 Å². The van der Waals surface area contributed by atoms with E-state index >= 15 is 0 Å². The minimum absolute atomic E-state index is 0.0254. The highest BCUT2D eigenvalue weighted by Gasteiger charge is 2.18. The van der Waals surface area contributed by atoms with Crippen LogP contribution in [0, 0.1) is 11.3 Å². The lowest BCUT2D eigenvalue weighted by atomic mass is 10.2. The third-order valence-corrected chi connectivity index (χ3v) is 5.16. The molecule has 0 fully saturated rings. The summed E-state index contributed by atoms with van der Waals surface area (Å²) >= 11 is 0. The summed E-state index contributed by atoms with van der Waals surface area (Å²) in [6, 6.07) is 18.0. The number of carbonyl (C=O) groups excluding carboxylic acids is 2. The number of esters is 1. The van der Waals surface area contributed by atoms with Gasteiger partial charge >= 0.3 is 5.97 Å². The highest BCUT2D eigenvalue weighted by atomic mass is 16.5. The number of nitrogens with one attached hydrogen (secondary N) is 1. The molecule has 0 saturated carbocycles. The van der Waals surface area contributed by atoms with E-state index in [9.17, 15) is 19.6 Å². The van der Waals surface area contributed by atoms with Crippen molar-refractivity contribution in [3.63, 3.8) is 0 Å². The van der Waals surface area contributed by atoms with E-state index in [-0.39, 0.29) is 17.0 Å². The molecule has 5 rings (SSSR count). The summed E-state index contributed by atoms with van der Waals surface area (Å²) in [5.74, 6) is -1.35. The smallest absolute Gasteiger partial charge is 0.326 e. The zero-order valence-electron chi connectivity index (χ0n) is 18.0. The summed E-state index contributed by atoms with van der Waals surface area (Å²) in [5, 5.41) is 16.7. The van der Waals surface area contributed by atoms with Crippen LogP contribution in [0.25, 0.3) is 27.8 Å². The van der Waals surface area contributed by atoms with Crippen molar-refractivity contribution in [2.75, 3.05) is 11.9 Å². The maximum absolute atomic E-state index is 12.7. The Bertz CT molecular complexity index is 1680. The van der Waals surface area contributed by atoms with E-state index < -0.39 is 30.6 Å². The summed E-state index contributed by atoms with van der Waals surface area (Å²) < 4.78 is 13.0. The second kappa shape index (κ2) is 8.95. The zero-order chi connectivity index (χ0) is 24.4. The van der Waals surface area contributed by atoms with Crippen molar-refractivity contribution in [2.24, 2.45) is 0 Å². The van der Waals surface area contributed by atoms with Crippen LogP contribution in [0.4, 0.5) is 5.82 Å². The highest BCUT2D eigenvalue weighted by Crippen LogP contribution is 2.24. The van der Waals surface area contributed by atoms with Crippen molar-refractivity contribution in [3.05, 3.63) is 83.0 Å². The Labute approximate surface area is 196 Å². The van der Waals surface area contributed by atoms with Crippen LogP contribution < -0.4 is 10.9 Å². The van der Waals surface area contributed by atoms with Gasteiger partial charge in [0.15, 0.2) is 12.4 Å². The molecule has 1 amide bonds. The first-order valence-electron chi connectivity index (χ1n) is 10.4. The molecule has 0 bridgehead atoms. The predicted molar refractivity (Wildman–Crippen MR) is 124 cm³/mol. The molecule has 0 saturated heterocycles. The van der Waals surface area contributed by atoms with Gasteiger partial charge in [-0.15, -0.1) is 0 Å². The van der Waals surface area contributed by atoms with Crippen LogP contribution in [-0.4, -0.2) is 37.8 Å². The average Bonchev–Trinajstić information content (AvgIpc) is 3.46. The molecule has 11 nitrogen and oxygen atoms in total. The van der Waals surface area contributed by atoms with Gasteiger partial charge in [-0.05, 0) is 24.3 Å². The fourth-order valence-electron chi connectivity index (χ4n) is 3.54. The number of hydrogen-bond donors (Lipinski definition) is 1. The molecular formula is C24H16N6O5. The molecule has 0 spiro atoms. The summed E-state index contributed by atoms with van der Waals surface area (Å²) in [4.78, 5) is 41.7. The van der Waals surface area contributed by atoms with E-state index in [1.807, 2.05) is 12.1 Å². The molecular weight excluding hydrogens is 452 g/mol. The summed E-state index contributed by atoms with van der Waals surface area (Å²) in [5.41, 5.74) is 1.17. The zero-order valence-corrected chi connectivity index (χ0v) is 18.0. The lowest BCUT2D eigenvalue weighted by Gasteiger charge is -2.10. The molecule has 2 aromatic carbocycles. The minimum atomic E-state index is -0.823. The molecule has 5 aromatic rings. The maximum atomic E-state index is 12.7. The van der Waals surface area contributed by atoms with E-state index in [0.717, 1.165) is 4.57 Å². The average molecular weight is 468 g/mol. The van der Waals surface area contributed by atoms with Gasteiger partial charge in [-0.3, -0.25) is 19.0 Å². The van der Waals surface area contributed by atoms with Crippen molar-refractivity contribution < 1.29 is 18.7 Å². The van der Waals surface area contributed by atoms with Crippen LogP contribution in [0.1, 0.15) is 5.56 Å². The van der Waals surface area contributed by atoms with Crippen LogP contribution in [0.2, 0.25) is 0 Å². The highest BCUT2D eigenvalue weighted by molar-refractivity contribution is 6.01. The molecule has 11 heteroatoms. The van der Waals surface area contributed by atoms with E-state index in [1.165, 1.54) is 17.2 Å². The van der Waals surface area contributed by atoms with Crippen molar-refractivity contribution in [3.8, 4) is 11.8 Å². The maximum Gasteiger partial charge on any atom is 0.326 e. The monoisotopic (exact) mass is 468 g/mol. The number of nitriles is 1. The van der Waals surface area contributed by atoms with Crippen LogP contribution >= 0.6 is 0 Å². The normalized spacial score (nSPS) is 10.8. The summed E-state index contributed by atoms with van der Waals surface area (Å²) in [7, 11) is 0. The molecule has 0 atom stereocenters. The van der Waals surface area contributed by atoms with Gasteiger partial charge in [0.05, 0.1) is 18.2 Å². The number of aromatic nitrogens is 4. The van der Waals surface area contributed by atoms with Gasteiger partial charge in [0.25, 0.3) is 11.5 Å². The number of nitrogens with zero attached hydrogens (tertiary/aromatic N) is 5. The van der Waals surface area contributed by atoms with Crippen LogP contribution in [0.5, 0.6) is 0 Å². The number of amides is 1. The second-order valence-corrected chi connectivity index (χ2v) is 7.43. The number of ether oxygens (including phenoxy) is 1. The standard InChI is InChI=1S/C24H16N6O5/c25-10-15-11-27-30(16-6-2-1-3-7-16)23(15)28-19(31)13-34-20(32)12-29-14-26-21-17-8-4-5-9-18(17)35-22(21)24(29)33/h1-9,11,14H,12-13H2,(H,28,31). The first-order valence-corrected chi connectivity index (χ1v) is 10.4. The van der Waals surface area contributed by atoms with E-state index in [0.29, 0.717) is 22.2 Å². The fraction of sp³-hybridized carbons (Fsp3) is 0.0833. The Morgan fingerprint density at radius 2 is 1.89 bits per heavy atom.